The Morgan fingerprint density at radius 3 is 2.43 bits per heavy atom. The van der Waals surface area contributed by atoms with E-state index in [1.54, 1.807) is 0 Å². The van der Waals surface area contributed by atoms with Crippen molar-refractivity contribution in [1.82, 2.24) is 0 Å². The number of hydrogen-bond acceptors (Lipinski definition) is 2. The van der Waals surface area contributed by atoms with E-state index in [-0.39, 0.29) is 16.8 Å². The standard InChI is InChI=1S/C15H11F2NO3/c1-8-4-2-5-9(13(8)17)14(19)18-11-7-3-6-10(16)12(11)15(20)21/h2-7H,1H3,(H,18,19)(H,20,21). The quantitative estimate of drug-likeness (QED) is 0.912. The average molecular weight is 291 g/mol. The van der Waals surface area contributed by atoms with Crippen molar-refractivity contribution >= 4 is 17.6 Å². The fourth-order valence-corrected chi connectivity index (χ4v) is 1.86. The van der Waals surface area contributed by atoms with Crippen LogP contribution in [0.4, 0.5) is 14.5 Å². The van der Waals surface area contributed by atoms with Crippen molar-refractivity contribution in [2.75, 3.05) is 5.32 Å². The first-order chi connectivity index (χ1) is 9.91. The lowest BCUT2D eigenvalue weighted by Crippen LogP contribution is -2.17. The van der Waals surface area contributed by atoms with Gasteiger partial charge in [-0.2, -0.15) is 0 Å². The second-order valence-electron chi connectivity index (χ2n) is 4.36. The van der Waals surface area contributed by atoms with Crippen molar-refractivity contribution < 1.29 is 23.5 Å². The van der Waals surface area contributed by atoms with E-state index in [0.29, 0.717) is 0 Å². The lowest BCUT2D eigenvalue weighted by Gasteiger charge is -2.10. The van der Waals surface area contributed by atoms with Crippen molar-refractivity contribution in [1.29, 1.82) is 0 Å². The number of aromatic carboxylic acids is 1. The molecule has 0 spiro atoms. The van der Waals surface area contributed by atoms with Gasteiger partial charge in [0, 0.05) is 0 Å². The molecule has 0 heterocycles. The largest absolute Gasteiger partial charge is 0.478 e. The maximum absolute atomic E-state index is 13.8. The number of benzene rings is 2. The Kier molecular flexibility index (Phi) is 3.98. The molecule has 0 aliphatic carbocycles. The molecule has 21 heavy (non-hydrogen) atoms. The minimum absolute atomic E-state index is 0.228. The van der Waals surface area contributed by atoms with Gasteiger partial charge < -0.3 is 10.4 Å². The van der Waals surface area contributed by atoms with Gasteiger partial charge in [0.05, 0.1) is 11.3 Å². The molecule has 2 aromatic rings. The number of hydrogen-bond donors (Lipinski definition) is 2. The highest BCUT2D eigenvalue weighted by atomic mass is 19.1. The molecule has 0 radical (unpaired) electrons. The van der Waals surface area contributed by atoms with E-state index in [1.807, 2.05) is 0 Å². The van der Waals surface area contributed by atoms with Gasteiger partial charge in [0.1, 0.15) is 17.2 Å². The molecule has 0 unspecified atom stereocenters. The summed E-state index contributed by atoms with van der Waals surface area (Å²) in [5.74, 6) is -4.05. The minimum atomic E-state index is -1.52. The molecular weight excluding hydrogens is 280 g/mol. The number of anilines is 1. The molecule has 108 valence electrons. The topological polar surface area (TPSA) is 66.4 Å². The molecular formula is C15H11F2NO3. The fraction of sp³-hybridized carbons (Fsp3) is 0.0667. The first-order valence-electron chi connectivity index (χ1n) is 6.00. The van der Waals surface area contributed by atoms with E-state index in [1.165, 1.54) is 37.3 Å². The lowest BCUT2D eigenvalue weighted by atomic mass is 10.1. The number of nitrogens with one attached hydrogen (secondary N) is 1. The molecule has 0 fully saturated rings. The summed E-state index contributed by atoms with van der Waals surface area (Å²) in [4.78, 5) is 23.0. The molecule has 0 saturated carbocycles. The van der Waals surface area contributed by atoms with E-state index in [9.17, 15) is 18.4 Å². The van der Waals surface area contributed by atoms with E-state index in [4.69, 9.17) is 5.11 Å². The van der Waals surface area contributed by atoms with Crippen molar-refractivity contribution in [2.24, 2.45) is 0 Å². The maximum atomic E-state index is 13.8. The SMILES string of the molecule is Cc1cccc(C(=O)Nc2cccc(F)c2C(=O)O)c1F. The predicted octanol–water partition coefficient (Wildman–Crippen LogP) is 3.22. The highest BCUT2D eigenvalue weighted by Crippen LogP contribution is 2.21. The van der Waals surface area contributed by atoms with Crippen LogP contribution in [0.15, 0.2) is 36.4 Å². The summed E-state index contributed by atoms with van der Waals surface area (Å²) in [5.41, 5.74) is -0.858. The van der Waals surface area contributed by atoms with Gasteiger partial charge in [-0.15, -0.1) is 0 Å². The van der Waals surface area contributed by atoms with Crippen LogP contribution in [0.3, 0.4) is 0 Å². The second kappa shape index (κ2) is 5.70. The molecule has 2 N–H and O–H groups in total. The van der Waals surface area contributed by atoms with Crippen LogP contribution in [0.25, 0.3) is 0 Å². The van der Waals surface area contributed by atoms with Crippen LogP contribution in [0.5, 0.6) is 0 Å². The van der Waals surface area contributed by atoms with Crippen LogP contribution < -0.4 is 5.32 Å². The summed E-state index contributed by atoms with van der Waals surface area (Å²) < 4.78 is 27.3. The highest BCUT2D eigenvalue weighted by molar-refractivity contribution is 6.08. The van der Waals surface area contributed by atoms with Gasteiger partial charge in [-0.25, -0.2) is 13.6 Å². The molecule has 2 aromatic carbocycles. The second-order valence-corrected chi connectivity index (χ2v) is 4.36. The fourth-order valence-electron chi connectivity index (χ4n) is 1.86. The Hall–Kier alpha value is -2.76. The smallest absolute Gasteiger partial charge is 0.340 e. The van der Waals surface area contributed by atoms with Crippen molar-refractivity contribution in [3.05, 3.63) is 64.7 Å². The molecule has 2 rings (SSSR count). The van der Waals surface area contributed by atoms with Crippen LogP contribution in [-0.2, 0) is 0 Å². The number of carboxylic acid groups (broad SMARTS) is 1. The Morgan fingerprint density at radius 1 is 1.10 bits per heavy atom. The molecule has 0 atom stereocenters. The molecule has 0 aliphatic rings. The van der Waals surface area contributed by atoms with Crippen LogP contribution in [0.2, 0.25) is 0 Å². The number of carbonyl (C=O) groups is 2. The third kappa shape index (κ3) is 2.89. The zero-order valence-electron chi connectivity index (χ0n) is 11.0. The molecule has 1 amide bonds. The van der Waals surface area contributed by atoms with Crippen LogP contribution in [-0.4, -0.2) is 17.0 Å². The van der Waals surface area contributed by atoms with Gasteiger partial charge in [-0.05, 0) is 30.7 Å². The van der Waals surface area contributed by atoms with Crippen LogP contribution in [0, 0.1) is 18.6 Å². The van der Waals surface area contributed by atoms with Gasteiger partial charge >= 0.3 is 5.97 Å². The third-order valence-electron chi connectivity index (χ3n) is 2.91. The van der Waals surface area contributed by atoms with Crippen molar-refractivity contribution in [3.8, 4) is 0 Å². The highest BCUT2D eigenvalue weighted by Gasteiger charge is 2.19. The number of carbonyl (C=O) groups excluding carboxylic acids is 1. The average Bonchev–Trinajstić information content (AvgIpc) is 2.41. The number of amides is 1. The number of halogens is 2. The molecule has 0 bridgehead atoms. The van der Waals surface area contributed by atoms with E-state index < -0.39 is 29.1 Å². The minimum Gasteiger partial charge on any atom is -0.478 e. The first kappa shape index (κ1) is 14.6. The van der Waals surface area contributed by atoms with Gasteiger partial charge in [0.15, 0.2) is 0 Å². The molecule has 0 aliphatic heterocycles. The van der Waals surface area contributed by atoms with E-state index >= 15 is 0 Å². The lowest BCUT2D eigenvalue weighted by molar-refractivity contribution is 0.0693. The summed E-state index contributed by atoms with van der Waals surface area (Å²) in [6.45, 7) is 1.50. The molecule has 0 aromatic heterocycles. The van der Waals surface area contributed by atoms with E-state index in [2.05, 4.69) is 5.32 Å². The summed E-state index contributed by atoms with van der Waals surface area (Å²) in [7, 11) is 0. The van der Waals surface area contributed by atoms with Gasteiger partial charge in [-0.3, -0.25) is 4.79 Å². The summed E-state index contributed by atoms with van der Waals surface area (Å²) in [6, 6.07) is 7.71. The van der Waals surface area contributed by atoms with Gasteiger partial charge in [0.2, 0.25) is 0 Å². The van der Waals surface area contributed by atoms with Crippen molar-refractivity contribution in [3.63, 3.8) is 0 Å². The Bertz CT molecular complexity index is 729. The predicted molar refractivity (Wildman–Crippen MR) is 72.4 cm³/mol. The van der Waals surface area contributed by atoms with Gasteiger partial charge in [-0.1, -0.05) is 18.2 Å². The summed E-state index contributed by atoms with van der Waals surface area (Å²) in [6.07, 6.45) is 0. The van der Waals surface area contributed by atoms with Gasteiger partial charge in [0.25, 0.3) is 5.91 Å². The van der Waals surface area contributed by atoms with Crippen LogP contribution >= 0.6 is 0 Å². The van der Waals surface area contributed by atoms with E-state index in [0.717, 1.165) is 6.07 Å². The van der Waals surface area contributed by atoms with Crippen LogP contribution in [0.1, 0.15) is 26.3 Å². The van der Waals surface area contributed by atoms with Crippen molar-refractivity contribution in [2.45, 2.75) is 6.92 Å². The molecule has 4 nitrogen and oxygen atoms in total. The normalized spacial score (nSPS) is 10.2. The Morgan fingerprint density at radius 2 is 1.76 bits per heavy atom. The number of rotatable bonds is 3. The monoisotopic (exact) mass is 291 g/mol. The zero-order chi connectivity index (χ0) is 15.6. The maximum Gasteiger partial charge on any atom is 0.340 e. The Labute approximate surface area is 119 Å². The zero-order valence-corrected chi connectivity index (χ0v) is 11.0. The number of aryl methyl sites for hydroxylation is 1. The summed E-state index contributed by atoms with van der Waals surface area (Å²) in [5, 5.41) is 11.2. The molecule has 6 heteroatoms. The first-order valence-corrected chi connectivity index (χ1v) is 6.00. The Balaban J connectivity index is 2.39. The summed E-state index contributed by atoms with van der Waals surface area (Å²) >= 11 is 0. The third-order valence-corrected chi connectivity index (χ3v) is 2.91. The molecule has 0 saturated heterocycles. The number of carboxylic acids is 1.